The summed E-state index contributed by atoms with van der Waals surface area (Å²) in [5.41, 5.74) is 2.77. The average molecular weight is 268 g/mol. The zero-order valence-corrected chi connectivity index (χ0v) is 11.9. The zero-order valence-electron chi connectivity index (χ0n) is 11.9. The van der Waals surface area contributed by atoms with Crippen molar-refractivity contribution in [2.75, 3.05) is 13.6 Å². The number of hydrogen-bond acceptors (Lipinski definition) is 2. The molecule has 104 valence electrons. The molecule has 1 aliphatic heterocycles. The van der Waals surface area contributed by atoms with E-state index in [4.69, 9.17) is 4.99 Å². The van der Waals surface area contributed by atoms with E-state index < -0.39 is 5.41 Å². The summed E-state index contributed by atoms with van der Waals surface area (Å²) in [5.74, 6) is 0.187. The highest BCUT2D eigenvalue weighted by molar-refractivity contribution is 6.14. The molecule has 3 rings (SSSR count). The van der Waals surface area contributed by atoms with Gasteiger partial charge in [-0.05, 0) is 30.4 Å². The maximum Gasteiger partial charge on any atom is 0.238 e. The minimum atomic E-state index is -0.483. The minimum absolute atomic E-state index is 0.187. The lowest BCUT2D eigenvalue weighted by Crippen LogP contribution is -2.36. The Bertz CT molecular complexity index is 576. The number of hydrogen-bond donors (Lipinski definition) is 0. The van der Waals surface area contributed by atoms with Gasteiger partial charge in [-0.25, -0.2) is 0 Å². The number of carbonyl (C=O) groups is 1. The molecule has 0 bridgehead atoms. The van der Waals surface area contributed by atoms with Crippen LogP contribution in [0.2, 0.25) is 0 Å². The highest BCUT2D eigenvalue weighted by Crippen LogP contribution is 2.47. The lowest BCUT2D eigenvalue weighted by atomic mass is 9.79. The molecule has 2 fully saturated rings. The van der Waals surface area contributed by atoms with Crippen LogP contribution in [0, 0.1) is 5.41 Å². The first-order chi connectivity index (χ1) is 9.64. The maximum absolute atomic E-state index is 12.5. The van der Waals surface area contributed by atoms with E-state index >= 15 is 0 Å². The summed E-state index contributed by atoms with van der Waals surface area (Å²) in [7, 11) is 1.86. The topological polar surface area (TPSA) is 32.7 Å². The van der Waals surface area contributed by atoms with Gasteiger partial charge in [0.25, 0.3) is 0 Å². The molecular formula is C17H20N2O. The van der Waals surface area contributed by atoms with Gasteiger partial charge in [0.15, 0.2) is 0 Å². The molecule has 1 aromatic rings. The third-order valence-electron chi connectivity index (χ3n) is 4.50. The molecule has 2 aliphatic rings. The predicted octanol–water partition coefficient (Wildman–Crippen LogP) is 2.83. The Hall–Kier alpha value is -1.90. The highest BCUT2D eigenvalue weighted by atomic mass is 16.2. The van der Waals surface area contributed by atoms with Gasteiger partial charge in [0.2, 0.25) is 5.91 Å². The van der Waals surface area contributed by atoms with E-state index in [9.17, 15) is 4.79 Å². The van der Waals surface area contributed by atoms with Crippen LogP contribution in [0.5, 0.6) is 0 Å². The van der Waals surface area contributed by atoms with Crippen LogP contribution in [0.4, 0.5) is 0 Å². The van der Waals surface area contributed by atoms with Gasteiger partial charge in [-0.3, -0.25) is 9.79 Å². The van der Waals surface area contributed by atoms with Crippen molar-refractivity contribution in [2.24, 2.45) is 10.4 Å². The van der Waals surface area contributed by atoms with Crippen LogP contribution in [0.25, 0.3) is 0 Å². The second-order valence-corrected chi connectivity index (χ2v) is 5.77. The smallest absolute Gasteiger partial charge is 0.238 e. The Morgan fingerprint density at radius 1 is 1.35 bits per heavy atom. The van der Waals surface area contributed by atoms with Crippen LogP contribution in [-0.2, 0) is 11.3 Å². The Balaban J connectivity index is 1.89. The standard InChI is InChI=1S/C17H20N2O/c1-13-12-19(2)16(20)17(13)10-6-9-15(17)18-11-14-7-4-3-5-8-14/h3-5,7-8H,1,6,9-12H2,2H3. The first kappa shape index (κ1) is 13.1. The lowest BCUT2D eigenvalue weighted by molar-refractivity contribution is -0.131. The average Bonchev–Trinajstić information content (AvgIpc) is 2.97. The van der Waals surface area contributed by atoms with Gasteiger partial charge in [-0.1, -0.05) is 36.9 Å². The molecule has 20 heavy (non-hydrogen) atoms. The van der Waals surface area contributed by atoms with Crippen molar-refractivity contribution in [3.63, 3.8) is 0 Å². The van der Waals surface area contributed by atoms with E-state index in [0.29, 0.717) is 13.1 Å². The van der Waals surface area contributed by atoms with Crippen LogP contribution in [0.1, 0.15) is 24.8 Å². The number of rotatable bonds is 2. The number of amides is 1. The van der Waals surface area contributed by atoms with Gasteiger partial charge in [0, 0.05) is 19.3 Å². The van der Waals surface area contributed by atoms with Crippen molar-refractivity contribution in [1.82, 2.24) is 4.90 Å². The maximum atomic E-state index is 12.5. The highest BCUT2D eigenvalue weighted by Gasteiger charge is 2.53. The number of likely N-dealkylation sites (tertiary alicyclic amines) is 1. The SMILES string of the molecule is C=C1CN(C)C(=O)C12CCCC2=NCc1ccccc1. The third-order valence-corrected chi connectivity index (χ3v) is 4.50. The summed E-state index contributed by atoms with van der Waals surface area (Å²) >= 11 is 0. The van der Waals surface area contributed by atoms with Crippen molar-refractivity contribution < 1.29 is 4.79 Å². The molecular weight excluding hydrogens is 248 g/mol. The van der Waals surface area contributed by atoms with Crippen molar-refractivity contribution >= 4 is 11.6 Å². The van der Waals surface area contributed by atoms with Crippen molar-refractivity contribution in [3.05, 3.63) is 48.0 Å². The number of benzene rings is 1. The summed E-state index contributed by atoms with van der Waals surface area (Å²) in [6.07, 6.45) is 2.83. The van der Waals surface area contributed by atoms with Crippen molar-refractivity contribution in [1.29, 1.82) is 0 Å². The largest absolute Gasteiger partial charge is 0.341 e. The summed E-state index contributed by atoms with van der Waals surface area (Å²) in [5, 5.41) is 0. The van der Waals surface area contributed by atoms with Gasteiger partial charge >= 0.3 is 0 Å². The molecule has 3 nitrogen and oxygen atoms in total. The Morgan fingerprint density at radius 3 is 2.75 bits per heavy atom. The Morgan fingerprint density at radius 2 is 2.10 bits per heavy atom. The fourth-order valence-electron chi connectivity index (χ4n) is 3.44. The van der Waals surface area contributed by atoms with E-state index in [0.717, 1.165) is 30.5 Å². The third kappa shape index (κ3) is 1.89. The monoisotopic (exact) mass is 268 g/mol. The van der Waals surface area contributed by atoms with Gasteiger partial charge in [0.05, 0.1) is 6.54 Å². The molecule has 1 spiro atoms. The van der Waals surface area contributed by atoms with Crippen molar-refractivity contribution in [2.45, 2.75) is 25.8 Å². The minimum Gasteiger partial charge on any atom is -0.341 e. The van der Waals surface area contributed by atoms with E-state index in [1.165, 1.54) is 5.56 Å². The summed E-state index contributed by atoms with van der Waals surface area (Å²) in [6.45, 7) is 5.48. The molecule has 1 heterocycles. The summed E-state index contributed by atoms with van der Waals surface area (Å²) < 4.78 is 0. The second kappa shape index (κ2) is 4.89. The van der Waals surface area contributed by atoms with E-state index in [-0.39, 0.29) is 5.91 Å². The Kier molecular flexibility index (Phi) is 3.20. The molecule has 1 saturated heterocycles. The first-order valence-corrected chi connectivity index (χ1v) is 7.16. The van der Waals surface area contributed by atoms with Gasteiger partial charge in [0.1, 0.15) is 5.41 Å². The zero-order chi connectivity index (χ0) is 14.2. The number of nitrogens with zero attached hydrogens (tertiary/aromatic N) is 2. The molecule has 1 atom stereocenters. The Labute approximate surface area is 120 Å². The molecule has 1 aromatic carbocycles. The molecule has 0 radical (unpaired) electrons. The first-order valence-electron chi connectivity index (χ1n) is 7.16. The molecule has 3 heteroatoms. The fourth-order valence-corrected chi connectivity index (χ4v) is 3.44. The van der Waals surface area contributed by atoms with E-state index in [2.05, 4.69) is 18.7 Å². The molecule has 1 aliphatic carbocycles. The molecule has 1 unspecified atom stereocenters. The lowest BCUT2D eigenvalue weighted by Gasteiger charge is -2.23. The molecule has 1 amide bonds. The number of aliphatic imine (C=N–C) groups is 1. The van der Waals surface area contributed by atoms with E-state index in [1.807, 2.05) is 25.2 Å². The van der Waals surface area contributed by atoms with Gasteiger partial charge in [-0.2, -0.15) is 0 Å². The number of likely N-dealkylation sites (N-methyl/N-ethyl adjacent to an activating group) is 1. The summed E-state index contributed by atoms with van der Waals surface area (Å²) in [6, 6.07) is 10.2. The van der Waals surface area contributed by atoms with Crippen LogP contribution in [-0.4, -0.2) is 30.1 Å². The van der Waals surface area contributed by atoms with Crippen LogP contribution >= 0.6 is 0 Å². The van der Waals surface area contributed by atoms with Crippen molar-refractivity contribution in [3.8, 4) is 0 Å². The molecule has 0 N–H and O–H groups in total. The van der Waals surface area contributed by atoms with Gasteiger partial charge < -0.3 is 4.90 Å². The molecule has 1 saturated carbocycles. The number of carbonyl (C=O) groups excluding carboxylic acids is 1. The van der Waals surface area contributed by atoms with Gasteiger partial charge in [-0.15, -0.1) is 0 Å². The predicted molar refractivity (Wildman–Crippen MR) is 80.6 cm³/mol. The van der Waals surface area contributed by atoms with E-state index in [1.54, 1.807) is 4.90 Å². The quantitative estimate of drug-likeness (QED) is 0.759. The van der Waals surface area contributed by atoms with Crippen LogP contribution in [0.15, 0.2) is 47.5 Å². The van der Waals surface area contributed by atoms with Crippen LogP contribution in [0.3, 0.4) is 0 Å². The van der Waals surface area contributed by atoms with Crippen LogP contribution < -0.4 is 0 Å². The molecule has 0 aromatic heterocycles. The normalized spacial score (nSPS) is 28.1. The second-order valence-electron chi connectivity index (χ2n) is 5.77. The summed E-state index contributed by atoms with van der Waals surface area (Å²) in [4.78, 5) is 19.1. The fraction of sp³-hybridized carbons (Fsp3) is 0.412.